The summed E-state index contributed by atoms with van der Waals surface area (Å²) in [6, 6.07) is 7.61. The summed E-state index contributed by atoms with van der Waals surface area (Å²) in [7, 11) is 0. The molecule has 0 saturated carbocycles. The Hall–Kier alpha value is -0.570. The number of hydrogen-bond donors (Lipinski definition) is 2. The van der Waals surface area contributed by atoms with Gasteiger partial charge < -0.3 is 10.8 Å². The lowest BCUT2D eigenvalue weighted by atomic mass is 9.84. The van der Waals surface area contributed by atoms with E-state index in [1.807, 2.05) is 38.1 Å². The standard InChI is InChI=1S/C11H16ClNO/c1-11(2,10(13)14)7-8-5-3-4-6-9(8)12/h3-6,10,14H,7,13H2,1-2H3. The minimum atomic E-state index is -0.834. The van der Waals surface area contributed by atoms with E-state index in [1.54, 1.807) is 0 Å². The van der Waals surface area contributed by atoms with Gasteiger partial charge in [0.05, 0.1) is 0 Å². The van der Waals surface area contributed by atoms with E-state index in [2.05, 4.69) is 0 Å². The molecule has 0 aliphatic heterocycles. The highest BCUT2D eigenvalue weighted by molar-refractivity contribution is 6.31. The van der Waals surface area contributed by atoms with E-state index in [-0.39, 0.29) is 5.41 Å². The molecule has 14 heavy (non-hydrogen) atoms. The van der Waals surface area contributed by atoms with Gasteiger partial charge in [-0.3, -0.25) is 0 Å². The number of hydrogen-bond acceptors (Lipinski definition) is 2. The SMILES string of the molecule is CC(C)(Cc1ccccc1Cl)C(N)O. The molecule has 0 amide bonds. The molecule has 0 aromatic heterocycles. The fourth-order valence-electron chi connectivity index (χ4n) is 1.24. The van der Waals surface area contributed by atoms with E-state index < -0.39 is 6.23 Å². The summed E-state index contributed by atoms with van der Waals surface area (Å²) in [6.45, 7) is 3.84. The lowest BCUT2D eigenvalue weighted by Crippen LogP contribution is -2.38. The molecule has 1 atom stereocenters. The van der Waals surface area contributed by atoms with E-state index in [4.69, 9.17) is 17.3 Å². The van der Waals surface area contributed by atoms with Crippen molar-refractivity contribution in [2.24, 2.45) is 11.1 Å². The zero-order valence-corrected chi connectivity index (χ0v) is 9.25. The second kappa shape index (κ2) is 4.30. The molecule has 0 fully saturated rings. The highest BCUT2D eigenvalue weighted by Crippen LogP contribution is 2.27. The lowest BCUT2D eigenvalue weighted by molar-refractivity contribution is 0.0561. The number of aliphatic hydroxyl groups excluding tert-OH is 1. The van der Waals surface area contributed by atoms with Gasteiger partial charge in [-0.05, 0) is 18.1 Å². The van der Waals surface area contributed by atoms with E-state index in [0.717, 1.165) is 10.6 Å². The van der Waals surface area contributed by atoms with Crippen LogP contribution >= 0.6 is 11.6 Å². The van der Waals surface area contributed by atoms with Crippen molar-refractivity contribution >= 4 is 11.6 Å². The minimum Gasteiger partial charge on any atom is -0.378 e. The van der Waals surface area contributed by atoms with E-state index in [1.165, 1.54) is 0 Å². The highest BCUT2D eigenvalue weighted by Gasteiger charge is 2.25. The quantitative estimate of drug-likeness (QED) is 0.757. The van der Waals surface area contributed by atoms with Crippen LogP contribution in [0.2, 0.25) is 5.02 Å². The molecule has 0 heterocycles. The van der Waals surface area contributed by atoms with Crippen LogP contribution in [-0.2, 0) is 6.42 Å². The summed E-state index contributed by atoms with van der Waals surface area (Å²) < 4.78 is 0. The first-order valence-corrected chi connectivity index (χ1v) is 4.98. The number of benzene rings is 1. The molecule has 1 unspecified atom stereocenters. The van der Waals surface area contributed by atoms with Crippen LogP contribution in [0.4, 0.5) is 0 Å². The summed E-state index contributed by atoms with van der Waals surface area (Å²) >= 11 is 6.01. The first-order chi connectivity index (χ1) is 6.43. The lowest BCUT2D eigenvalue weighted by Gasteiger charge is -2.28. The van der Waals surface area contributed by atoms with E-state index in [0.29, 0.717) is 6.42 Å². The van der Waals surface area contributed by atoms with Crippen molar-refractivity contribution < 1.29 is 5.11 Å². The largest absolute Gasteiger partial charge is 0.378 e. The molecule has 3 N–H and O–H groups in total. The second-order valence-corrected chi connectivity index (χ2v) is 4.61. The Labute approximate surface area is 89.7 Å². The summed E-state index contributed by atoms with van der Waals surface area (Å²) in [5, 5.41) is 10.1. The summed E-state index contributed by atoms with van der Waals surface area (Å²) in [4.78, 5) is 0. The Morgan fingerprint density at radius 2 is 2.00 bits per heavy atom. The van der Waals surface area contributed by atoms with Crippen molar-refractivity contribution in [3.05, 3.63) is 34.9 Å². The van der Waals surface area contributed by atoms with Crippen LogP contribution in [0.25, 0.3) is 0 Å². The average molecular weight is 214 g/mol. The third-order valence-corrected chi connectivity index (χ3v) is 2.77. The predicted octanol–water partition coefficient (Wildman–Crippen LogP) is 2.19. The Morgan fingerprint density at radius 1 is 1.43 bits per heavy atom. The van der Waals surface area contributed by atoms with Gasteiger partial charge in [0.2, 0.25) is 0 Å². The van der Waals surface area contributed by atoms with Gasteiger partial charge >= 0.3 is 0 Å². The van der Waals surface area contributed by atoms with Crippen LogP contribution in [0.3, 0.4) is 0 Å². The number of aliphatic hydroxyl groups is 1. The van der Waals surface area contributed by atoms with Crippen LogP contribution in [0.1, 0.15) is 19.4 Å². The Kier molecular flexibility index (Phi) is 3.53. The molecular formula is C11H16ClNO. The maximum absolute atomic E-state index is 9.37. The number of rotatable bonds is 3. The molecule has 0 saturated heterocycles. The molecule has 0 spiro atoms. The fraction of sp³-hybridized carbons (Fsp3) is 0.455. The Balaban J connectivity index is 2.84. The molecule has 1 aromatic carbocycles. The van der Waals surface area contributed by atoms with Crippen molar-refractivity contribution in [2.45, 2.75) is 26.5 Å². The first kappa shape index (κ1) is 11.5. The number of halogens is 1. The highest BCUT2D eigenvalue weighted by atomic mass is 35.5. The van der Waals surface area contributed by atoms with Crippen molar-refractivity contribution in [3.63, 3.8) is 0 Å². The zero-order chi connectivity index (χ0) is 10.8. The molecule has 0 bridgehead atoms. The van der Waals surface area contributed by atoms with Crippen LogP contribution in [0, 0.1) is 5.41 Å². The van der Waals surface area contributed by atoms with Gasteiger partial charge in [0.25, 0.3) is 0 Å². The van der Waals surface area contributed by atoms with Gasteiger partial charge in [-0.1, -0.05) is 43.6 Å². The molecular weight excluding hydrogens is 198 g/mol. The fourth-order valence-corrected chi connectivity index (χ4v) is 1.44. The summed E-state index contributed by atoms with van der Waals surface area (Å²) in [5.74, 6) is 0. The van der Waals surface area contributed by atoms with E-state index >= 15 is 0 Å². The van der Waals surface area contributed by atoms with Crippen molar-refractivity contribution in [2.75, 3.05) is 0 Å². The van der Waals surface area contributed by atoms with E-state index in [9.17, 15) is 5.11 Å². The van der Waals surface area contributed by atoms with Crippen molar-refractivity contribution in [1.29, 1.82) is 0 Å². The van der Waals surface area contributed by atoms with Gasteiger partial charge in [-0.25, -0.2) is 0 Å². The normalized spacial score (nSPS) is 14.1. The van der Waals surface area contributed by atoms with Crippen molar-refractivity contribution in [1.82, 2.24) is 0 Å². The van der Waals surface area contributed by atoms with Crippen LogP contribution in [0.5, 0.6) is 0 Å². The molecule has 0 radical (unpaired) electrons. The first-order valence-electron chi connectivity index (χ1n) is 4.60. The van der Waals surface area contributed by atoms with Crippen LogP contribution in [0.15, 0.2) is 24.3 Å². The van der Waals surface area contributed by atoms with Gasteiger partial charge in [0.15, 0.2) is 0 Å². The summed E-state index contributed by atoms with van der Waals surface area (Å²) in [6.07, 6.45) is -0.163. The maximum atomic E-state index is 9.37. The Bertz CT molecular complexity index is 310. The molecule has 0 aliphatic rings. The monoisotopic (exact) mass is 213 g/mol. The predicted molar refractivity (Wildman–Crippen MR) is 59.1 cm³/mol. The van der Waals surface area contributed by atoms with Gasteiger partial charge in [0, 0.05) is 10.4 Å². The zero-order valence-electron chi connectivity index (χ0n) is 8.50. The molecule has 0 aliphatic carbocycles. The van der Waals surface area contributed by atoms with Crippen molar-refractivity contribution in [3.8, 4) is 0 Å². The third-order valence-electron chi connectivity index (χ3n) is 2.40. The summed E-state index contributed by atoms with van der Waals surface area (Å²) in [5.41, 5.74) is 6.14. The van der Waals surface area contributed by atoms with Crippen LogP contribution < -0.4 is 5.73 Å². The minimum absolute atomic E-state index is 0.356. The molecule has 1 rings (SSSR count). The molecule has 2 nitrogen and oxygen atoms in total. The van der Waals surface area contributed by atoms with Gasteiger partial charge in [-0.2, -0.15) is 0 Å². The second-order valence-electron chi connectivity index (χ2n) is 4.20. The molecule has 1 aromatic rings. The number of nitrogens with two attached hydrogens (primary N) is 1. The Morgan fingerprint density at radius 3 is 2.50 bits per heavy atom. The topological polar surface area (TPSA) is 46.2 Å². The average Bonchev–Trinajstić information content (AvgIpc) is 2.08. The molecule has 78 valence electrons. The van der Waals surface area contributed by atoms with Crippen LogP contribution in [-0.4, -0.2) is 11.3 Å². The molecule has 3 heteroatoms. The smallest absolute Gasteiger partial charge is 0.107 e. The third kappa shape index (κ3) is 2.71. The van der Waals surface area contributed by atoms with Gasteiger partial charge in [-0.15, -0.1) is 0 Å². The van der Waals surface area contributed by atoms with Gasteiger partial charge in [0.1, 0.15) is 6.23 Å². The maximum Gasteiger partial charge on any atom is 0.107 e.